The highest BCUT2D eigenvalue weighted by Crippen LogP contribution is 2.39. The molecule has 1 N–H and O–H groups in total. The van der Waals surface area contributed by atoms with Crippen molar-refractivity contribution in [3.05, 3.63) is 39.2 Å². The summed E-state index contributed by atoms with van der Waals surface area (Å²) in [5, 5.41) is 11.2. The molecule has 0 spiro atoms. The zero-order valence-corrected chi connectivity index (χ0v) is 12.4. The van der Waals surface area contributed by atoms with Gasteiger partial charge in [0.05, 0.1) is 6.61 Å². The molecule has 19 heavy (non-hydrogen) atoms. The van der Waals surface area contributed by atoms with E-state index >= 15 is 0 Å². The average molecular weight is 294 g/mol. The van der Waals surface area contributed by atoms with E-state index in [1.54, 1.807) is 17.4 Å². The van der Waals surface area contributed by atoms with Gasteiger partial charge in [-0.15, -0.1) is 11.3 Å². The third kappa shape index (κ3) is 2.32. The van der Waals surface area contributed by atoms with Crippen molar-refractivity contribution in [2.45, 2.75) is 13.0 Å². The van der Waals surface area contributed by atoms with Crippen molar-refractivity contribution in [3.8, 4) is 0 Å². The minimum absolute atomic E-state index is 0.0805. The van der Waals surface area contributed by atoms with Crippen molar-refractivity contribution in [3.63, 3.8) is 0 Å². The molecule has 2 heterocycles. The summed E-state index contributed by atoms with van der Waals surface area (Å²) >= 11 is 8.15. The first kappa shape index (κ1) is 13.1. The summed E-state index contributed by atoms with van der Waals surface area (Å²) < 4.78 is 1.29. The summed E-state index contributed by atoms with van der Waals surface area (Å²) in [7, 11) is 2.14. The molecule has 0 bridgehead atoms. The van der Waals surface area contributed by atoms with Crippen LogP contribution in [0.15, 0.2) is 18.2 Å². The van der Waals surface area contributed by atoms with E-state index in [-0.39, 0.29) is 6.61 Å². The molecule has 100 valence electrons. The van der Waals surface area contributed by atoms with E-state index < -0.39 is 0 Å². The van der Waals surface area contributed by atoms with E-state index in [1.807, 2.05) is 12.1 Å². The summed E-state index contributed by atoms with van der Waals surface area (Å²) in [5.41, 5.74) is 2.63. The lowest BCUT2D eigenvalue weighted by Gasteiger charge is -2.13. The van der Waals surface area contributed by atoms with Crippen LogP contribution in [0.2, 0.25) is 5.02 Å². The summed E-state index contributed by atoms with van der Waals surface area (Å²) in [5.74, 6) is 0. The van der Waals surface area contributed by atoms with Crippen LogP contribution in [0.5, 0.6) is 0 Å². The Morgan fingerprint density at radius 1 is 1.42 bits per heavy atom. The van der Waals surface area contributed by atoms with Crippen LogP contribution in [-0.2, 0) is 13.0 Å². The first-order valence-electron chi connectivity index (χ1n) is 6.39. The van der Waals surface area contributed by atoms with Crippen LogP contribution in [0.25, 0.3) is 16.2 Å². The molecular formula is C15H16ClNOS. The van der Waals surface area contributed by atoms with Gasteiger partial charge in [-0.05, 0) is 42.8 Å². The monoisotopic (exact) mass is 293 g/mol. The minimum atomic E-state index is 0.0805. The SMILES string of the molecule is CN1CCc2c(Cl)ccc3sc(/C=C/CO)c(c23)C1. The Hall–Kier alpha value is -0.870. The molecule has 0 atom stereocenters. The van der Waals surface area contributed by atoms with E-state index in [9.17, 15) is 0 Å². The number of hydrogen-bond acceptors (Lipinski definition) is 3. The van der Waals surface area contributed by atoms with Crippen LogP contribution in [-0.4, -0.2) is 30.2 Å². The van der Waals surface area contributed by atoms with Crippen LogP contribution < -0.4 is 0 Å². The molecule has 1 aliphatic rings. The topological polar surface area (TPSA) is 23.5 Å². The van der Waals surface area contributed by atoms with Crippen LogP contribution in [0.3, 0.4) is 0 Å². The van der Waals surface area contributed by atoms with E-state index in [1.165, 1.54) is 26.1 Å². The number of thiophene rings is 1. The van der Waals surface area contributed by atoms with Crippen molar-refractivity contribution in [1.82, 2.24) is 4.90 Å². The summed E-state index contributed by atoms with van der Waals surface area (Å²) in [6.07, 6.45) is 4.82. The van der Waals surface area contributed by atoms with Gasteiger partial charge in [-0.3, -0.25) is 0 Å². The highest BCUT2D eigenvalue weighted by atomic mass is 35.5. The van der Waals surface area contributed by atoms with Crippen molar-refractivity contribution in [1.29, 1.82) is 0 Å². The number of aliphatic hydroxyl groups excluding tert-OH is 1. The van der Waals surface area contributed by atoms with Gasteiger partial charge in [-0.2, -0.15) is 0 Å². The first-order valence-corrected chi connectivity index (χ1v) is 7.59. The van der Waals surface area contributed by atoms with Crippen molar-refractivity contribution >= 4 is 39.1 Å². The van der Waals surface area contributed by atoms with Crippen LogP contribution in [0, 0.1) is 0 Å². The van der Waals surface area contributed by atoms with Crippen molar-refractivity contribution < 1.29 is 5.11 Å². The molecular weight excluding hydrogens is 278 g/mol. The average Bonchev–Trinajstić information content (AvgIpc) is 2.62. The summed E-state index contributed by atoms with van der Waals surface area (Å²) in [6, 6.07) is 4.11. The number of aliphatic hydroxyl groups is 1. The molecule has 0 aliphatic carbocycles. The standard InChI is InChI=1S/C15H16ClNOS/c1-17-7-6-10-12(16)4-5-14-15(10)11(9-17)13(19-14)3-2-8-18/h2-5,18H,6-9H2,1H3/b3-2+. The molecule has 0 amide bonds. The van der Waals surface area contributed by atoms with Crippen LogP contribution in [0.4, 0.5) is 0 Å². The van der Waals surface area contributed by atoms with Gasteiger partial charge in [0.25, 0.3) is 0 Å². The predicted octanol–water partition coefficient (Wildman–Crippen LogP) is 3.55. The second-order valence-electron chi connectivity index (χ2n) is 4.92. The fourth-order valence-electron chi connectivity index (χ4n) is 2.67. The van der Waals surface area contributed by atoms with Gasteiger partial charge in [0, 0.05) is 33.1 Å². The fraction of sp³-hybridized carbons (Fsp3) is 0.333. The van der Waals surface area contributed by atoms with Gasteiger partial charge in [-0.1, -0.05) is 17.7 Å². The van der Waals surface area contributed by atoms with E-state index in [4.69, 9.17) is 16.7 Å². The van der Waals surface area contributed by atoms with Gasteiger partial charge in [0.2, 0.25) is 0 Å². The molecule has 0 fully saturated rings. The van der Waals surface area contributed by atoms with Crippen molar-refractivity contribution in [2.75, 3.05) is 20.2 Å². The third-order valence-electron chi connectivity index (χ3n) is 3.58. The summed E-state index contributed by atoms with van der Waals surface area (Å²) in [4.78, 5) is 3.56. The lowest BCUT2D eigenvalue weighted by Crippen LogP contribution is -2.18. The molecule has 0 saturated heterocycles. The smallest absolute Gasteiger partial charge is 0.0615 e. The Kier molecular flexibility index (Phi) is 3.63. The second kappa shape index (κ2) is 5.25. The Bertz CT molecular complexity index is 647. The molecule has 4 heteroatoms. The maximum atomic E-state index is 8.97. The number of hydrogen-bond donors (Lipinski definition) is 1. The zero-order valence-electron chi connectivity index (χ0n) is 10.8. The number of benzene rings is 1. The van der Waals surface area contributed by atoms with E-state index in [0.717, 1.165) is 24.5 Å². The molecule has 1 aromatic carbocycles. The van der Waals surface area contributed by atoms with E-state index in [0.29, 0.717) is 0 Å². The maximum absolute atomic E-state index is 8.97. The number of likely N-dealkylation sites (N-methyl/N-ethyl adjacent to an activating group) is 1. The second-order valence-corrected chi connectivity index (χ2v) is 6.41. The van der Waals surface area contributed by atoms with Gasteiger partial charge < -0.3 is 10.0 Å². The lowest BCUT2D eigenvalue weighted by molar-refractivity contribution is 0.337. The quantitative estimate of drug-likeness (QED) is 0.915. The Balaban J connectivity index is 2.27. The molecule has 3 rings (SSSR count). The largest absolute Gasteiger partial charge is 0.392 e. The lowest BCUT2D eigenvalue weighted by atomic mass is 10.0. The van der Waals surface area contributed by atoms with Gasteiger partial charge >= 0.3 is 0 Å². The number of halogens is 1. The highest BCUT2D eigenvalue weighted by molar-refractivity contribution is 7.20. The molecule has 1 aliphatic heterocycles. The Labute approximate surface area is 121 Å². The molecule has 0 radical (unpaired) electrons. The van der Waals surface area contributed by atoms with Crippen molar-refractivity contribution in [2.24, 2.45) is 0 Å². The minimum Gasteiger partial charge on any atom is -0.392 e. The summed E-state index contributed by atoms with van der Waals surface area (Å²) in [6.45, 7) is 2.05. The molecule has 2 aromatic rings. The van der Waals surface area contributed by atoms with Crippen LogP contribution in [0.1, 0.15) is 16.0 Å². The first-order chi connectivity index (χ1) is 9.20. The number of nitrogens with zero attached hydrogens (tertiary/aromatic N) is 1. The Morgan fingerprint density at radius 3 is 3.05 bits per heavy atom. The van der Waals surface area contributed by atoms with Gasteiger partial charge in [0.1, 0.15) is 0 Å². The zero-order chi connectivity index (χ0) is 13.4. The third-order valence-corrected chi connectivity index (χ3v) is 5.10. The van der Waals surface area contributed by atoms with Crippen LogP contribution >= 0.6 is 22.9 Å². The molecule has 0 unspecified atom stereocenters. The Morgan fingerprint density at radius 2 is 2.26 bits per heavy atom. The van der Waals surface area contributed by atoms with Gasteiger partial charge in [-0.25, -0.2) is 0 Å². The number of rotatable bonds is 2. The molecule has 0 saturated carbocycles. The predicted molar refractivity (Wildman–Crippen MR) is 83.0 cm³/mol. The fourth-order valence-corrected chi connectivity index (χ4v) is 4.09. The molecule has 2 nitrogen and oxygen atoms in total. The van der Waals surface area contributed by atoms with E-state index in [2.05, 4.69) is 18.0 Å². The maximum Gasteiger partial charge on any atom is 0.0615 e. The highest BCUT2D eigenvalue weighted by Gasteiger charge is 2.20. The normalized spacial score (nSPS) is 16.4. The van der Waals surface area contributed by atoms with Gasteiger partial charge in [0.15, 0.2) is 0 Å². The molecule has 1 aromatic heterocycles.